The van der Waals surface area contributed by atoms with Crippen LogP contribution in [0.2, 0.25) is 0 Å². The summed E-state index contributed by atoms with van der Waals surface area (Å²) < 4.78 is 1.19. The summed E-state index contributed by atoms with van der Waals surface area (Å²) in [5.41, 5.74) is 0.959. The molecule has 43 heavy (non-hydrogen) atoms. The Bertz CT molecular complexity index is 1580. The molecule has 20 heteroatoms. The van der Waals surface area contributed by atoms with Crippen molar-refractivity contribution in [2.45, 2.75) is 32.9 Å². The molecule has 3 rings (SSSR count). The van der Waals surface area contributed by atoms with Gasteiger partial charge in [0.05, 0.1) is 40.7 Å². The van der Waals surface area contributed by atoms with E-state index in [1.54, 1.807) is 13.8 Å². The molecule has 0 aliphatic carbocycles. The van der Waals surface area contributed by atoms with Crippen molar-refractivity contribution in [1.82, 2.24) is 24.8 Å². The van der Waals surface area contributed by atoms with Crippen molar-refractivity contribution < 1.29 is 39.2 Å². The molecule has 6 N–H and O–H groups in total. The van der Waals surface area contributed by atoms with Crippen LogP contribution in [0, 0.1) is 26.1 Å². The number of hydrogen-bond donors (Lipinski definition) is 6. The first-order valence-corrected chi connectivity index (χ1v) is 12.1. The molecule has 226 valence electrons. The van der Waals surface area contributed by atoms with Gasteiger partial charge in [0.2, 0.25) is 17.5 Å². The summed E-state index contributed by atoms with van der Waals surface area (Å²) in [4.78, 5) is 79.4. The minimum Gasteiger partial charge on any atom is -0.481 e. The summed E-state index contributed by atoms with van der Waals surface area (Å²) in [6.45, 7) is 2.68. The van der Waals surface area contributed by atoms with Gasteiger partial charge in [0.1, 0.15) is 24.1 Å². The number of carbonyl (C=O) groups is 4. The zero-order valence-electron chi connectivity index (χ0n) is 22.4. The van der Waals surface area contributed by atoms with Crippen LogP contribution < -0.4 is 16.1 Å². The van der Waals surface area contributed by atoms with Gasteiger partial charge in [-0.3, -0.25) is 40.0 Å². The number of carboxylic acid groups (broad SMARTS) is 2. The Labute approximate surface area is 240 Å². The van der Waals surface area contributed by atoms with Crippen LogP contribution in [-0.4, -0.2) is 75.6 Å². The zero-order chi connectivity index (χ0) is 31.8. The van der Waals surface area contributed by atoms with Crippen molar-refractivity contribution in [3.8, 4) is 11.5 Å². The third-order valence-corrected chi connectivity index (χ3v) is 5.54. The molecule has 20 nitrogen and oxygen atoms in total. The third kappa shape index (κ3) is 7.93. The molecule has 0 saturated heterocycles. The Balaban J connectivity index is 1.87. The van der Waals surface area contributed by atoms with E-state index in [0.717, 1.165) is 24.4 Å². The van der Waals surface area contributed by atoms with Crippen LogP contribution in [-0.2, 0) is 25.7 Å². The van der Waals surface area contributed by atoms with E-state index in [9.17, 15) is 44.5 Å². The standard InChI is InChI=1S/C23H24N10O10/c1-11(2)22(37)29-21-19(25-10-31(21)9-16(34)28-13(23(38)39)6-17(35)36)20-24-7-12(27-20)8-26-30-18-14(32(40)41)4-3-5-15(18)33(42)43/h3-5,7-8,10-11,13,30H,6,9H2,1-2H3,(H,24,27)(H,28,34)(H,29,37)(H,35,36)(H,38,39)/b26-8+/t13-/m0/s1. The van der Waals surface area contributed by atoms with Gasteiger partial charge in [-0.05, 0) is 6.07 Å². The number of carbonyl (C=O) groups excluding carboxylic acids is 2. The molecule has 0 unspecified atom stereocenters. The number of imidazole rings is 2. The van der Waals surface area contributed by atoms with E-state index < -0.39 is 75.6 Å². The number of para-hydroxylation sites is 1. The minimum absolute atomic E-state index is 0.00505. The van der Waals surface area contributed by atoms with Crippen molar-refractivity contribution in [3.63, 3.8) is 0 Å². The SMILES string of the molecule is CC(C)C(=O)Nc1c(-c2ncc(/C=N/Nc3c([N+](=O)[O-])cccc3[N+](=O)[O-])[nH]2)ncn1CC(=O)N[C@@H](CC(=O)O)C(=O)O. The summed E-state index contributed by atoms with van der Waals surface area (Å²) >= 11 is 0. The number of aromatic amines is 1. The molecule has 3 aromatic rings. The molecule has 0 aliphatic rings. The second kappa shape index (κ2) is 13.4. The molecule has 0 saturated carbocycles. The van der Waals surface area contributed by atoms with E-state index in [1.165, 1.54) is 17.1 Å². The van der Waals surface area contributed by atoms with Crippen molar-refractivity contribution in [3.05, 3.63) is 56.6 Å². The first-order chi connectivity index (χ1) is 20.3. The van der Waals surface area contributed by atoms with Gasteiger partial charge in [0, 0.05) is 18.1 Å². The number of aromatic nitrogens is 4. The molecule has 0 aliphatic heterocycles. The normalized spacial score (nSPS) is 11.7. The molecule has 2 amide bonds. The number of H-pyrrole nitrogens is 1. The Kier molecular flexibility index (Phi) is 9.78. The number of benzene rings is 1. The maximum absolute atomic E-state index is 12.5. The van der Waals surface area contributed by atoms with E-state index in [0.29, 0.717) is 0 Å². The Morgan fingerprint density at radius 3 is 2.33 bits per heavy atom. The quantitative estimate of drug-likeness (QED) is 0.0861. The molecule has 2 heterocycles. The average molecular weight is 601 g/mol. The number of hydrazone groups is 1. The molecule has 2 aromatic heterocycles. The van der Waals surface area contributed by atoms with Crippen LogP contribution in [0.3, 0.4) is 0 Å². The van der Waals surface area contributed by atoms with Gasteiger partial charge >= 0.3 is 23.3 Å². The fraction of sp³-hybridized carbons (Fsp3) is 0.261. The lowest BCUT2D eigenvalue weighted by Crippen LogP contribution is -2.43. The van der Waals surface area contributed by atoms with Crippen LogP contribution >= 0.6 is 0 Å². The van der Waals surface area contributed by atoms with E-state index in [4.69, 9.17) is 5.11 Å². The topological polar surface area (TPSA) is 290 Å². The molecule has 0 radical (unpaired) electrons. The van der Waals surface area contributed by atoms with Crippen LogP contribution in [0.4, 0.5) is 22.9 Å². The zero-order valence-corrected chi connectivity index (χ0v) is 22.4. The highest BCUT2D eigenvalue weighted by Gasteiger charge is 2.26. The Morgan fingerprint density at radius 1 is 1.12 bits per heavy atom. The van der Waals surface area contributed by atoms with Gasteiger partial charge in [-0.2, -0.15) is 5.10 Å². The van der Waals surface area contributed by atoms with Gasteiger partial charge in [0.15, 0.2) is 5.82 Å². The predicted molar refractivity (Wildman–Crippen MR) is 146 cm³/mol. The van der Waals surface area contributed by atoms with Crippen molar-refractivity contribution in [2.24, 2.45) is 11.0 Å². The molecule has 1 aromatic carbocycles. The number of anilines is 2. The minimum atomic E-state index is -1.69. The summed E-state index contributed by atoms with van der Waals surface area (Å²) in [6, 6.07) is 1.60. The molecule has 0 spiro atoms. The molecule has 0 fully saturated rings. The highest BCUT2D eigenvalue weighted by atomic mass is 16.6. The fourth-order valence-electron chi connectivity index (χ4n) is 3.47. The Hall–Kier alpha value is -6.21. The summed E-state index contributed by atoms with van der Waals surface area (Å²) in [5.74, 6) is -4.73. The number of nitro benzene ring substituents is 2. The Morgan fingerprint density at radius 2 is 1.77 bits per heavy atom. The maximum atomic E-state index is 12.5. The number of nitrogens with zero attached hydrogens (tertiary/aromatic N) is 6. The second-order valence-electron chi connectivity index (χ2n) is 9.01. The number of carboxylic acids is 2. The van der Waals surface area contributed by atoms with E-state index in [1.807, 2.05) is 0 Å². The molecule has 0 bridgehead atoms. The molecule has 1 atom stereocenters. The highest BCUT2D eigenvalue weighted by Crippen LogP contribution is 2.33. The number of nitro groups is 2. The summed E-state index contributed by atoms with van der Waals surface area (Å²) in [5, 5.41) is 49.2. The van der Waals surface area contributed by atoms with Gasteiger partial charge in [-0.15, -0.1) is 0 Å². The van der Waals surface area contributed by atoms with Gasteiger partial charge in [-0.25, -0.2) is 14.8 Å². The van der Waals surface area contributed by atoms with Crippen LogP contribution in [0.15, 0.2) is 35.8 Å². The number of nitrogens with one attached hydrogen (secondary N) is 4. The molecular weight excluding hydrogens is 576 g/mol. The second-order valence-corrected chi connectivity index (χ2v) is 9.01. The fourth-order valence-corrected chi connectivity index (χ4v) is 3.47. The maximum Gasteiger partial charge on any atom is 0.326 e. The summed E-state index contributed by atoms with van der Waals surface area (Å²) in [6.07, 6.45) is 2.72. The first-order valence-electron chi connectivity index (χ1n) is 12.1. The lowest BCUT2D eigenvalue weighted by Gasteiger charge is -2.15. The largest absolute Gasteiger partial charge is 0.481 e. The lowest BCUT2D eigenvalue weighted by atomic mass is 10.2. The van der Waals surface area contributed by atoms with Crippen LogP contribution in [0.5, 0.6) is 0 Å². The number of rotatable bonds is 14. The van der Waals surface area contributed by atoms with E-state index >= 15 is 0 Å². The van der Waals surface area contributed by atoms with Crippen molar-refractivity contribution in [2.75, 3.05) is 10.7 Å². The molecular formula is C23H24N10O10. The number of amides is 2. The van der Waals surface area contributed by atoms with Crippen LogP contribution in [0.25, 0.3) is 11.5 Å². The van der Waals surface area contributed by atoms with Gasteiger partial charge in [0.25, 0.3) is 0 Å². The predicted octanol–water partition coefficient (Wildman–Crippen LogP) is 1.17. The van der Waals surface area contributed by atoms with Crippen LogP contribution in [0.1, 0.15) is 26.0 Å². The number of hydrogen-bond acceptors (Lipinski definition) is 12. The smallest absolute Gasteiger partial charge is 0.326 e. The van der Waals surface area contributed by atoms with Crippen molar-refractivity contribution >= 4 is 52.8 Å². The summed E-state index contributed by atoms with van der Waals surface area (Å²) in [7, 11) is 0. The number of aliphatic carboxylic acids is 2. The lowest BCUT2D eigenvalue weighted by molar-refractivity contribution is -0.392. The monoisotopic (exact) mass is 600 g/mol. The van der Waals surface area contributed by atoms with Crippen molar-refractivity contribution in [1.29, 1.82) is 0 Å². The van der Waals surface area contributed by atoms with Gasteiger partial charge < -0.3 is 30.4 Å². The average Bonchev–Trinajstić information content (AvgIpc) is 3.54. The van der Waals surface area contributed by atoms with E-state index in [-0.39, 0.29) is 23.0 Å². The van der Waals surface area contributed by atoms with Gasteiger partial charge in [-0.1, -0.05) is 13.8 Å². The first kappa shape index (κ1) is 31.3. The third-order valence-electron chi connectivity index (χ3n) is 5.54. The highest BCUT2D eigenvalue weighted by molar-refractivity contribution is 5.95. The van der Waals surface area contributed by atoms with E-state index in [2.05, 4.69) is 36.1 Å².